The molecule has 0 aliphatic carbocycles. The molecule has 0 unspecified atom stereocenters. The Kier molecular flexibility index (Phi) is 4.56. The van der Waals surface area contributed by atoms with E-state index in [-0.39, 0.29) is 5.76 Å². The van der Waals surface area contributed by atoms with Crippen LogP contribution in [0.2, 0.25) is 10.0 Å². The van der Waals surface area contributed by atoms with Crippen molar-refractivity contribution in [1.29, 1.82) is 0 Å². The van der Waals surface area contributed by atoms with E-state index in [1.807, 2.05) is 0 Å². The lowest BCUT2D eigenvalue weighted by atomic mass is 10.2. The van der Waals surface area contributed by atoms with Gasteiger partial charge >= 0.3 is 11.8 Å². The minimum Gasteiger partial charge on any atom is -0.395 e. The highest BCUT2D eigenvalue weighted by Crippen LogP contribution is 2.22. The van der Waals surface area contributed by atoms with E-state index in [9.17, 15) is 14.9 Å². The second-order valence-corrected chi connectivity index (χ2v) is 4.54. The van der Waals surface area contributed by atoms with E-state index in [1.54, 1.807) is 18.2 Å². The number of carbonyl (C=O) groups excluding carboxylic acids is 1. The molecule has 21 heavy (non-hydrogen) atoms. The van der Waals surface area contributed by atoms with Crippen LogP contribution in [0.15, 0.2) is 39.9 Å². The number of benzene rings is 1. The molecule has 1 heterocycles. The van der Waals surface area contributed by atoms with Gasteiger partial charge in [0.2, 0.25) is 5.76 Å². The van der Waals surface area contributed by atoms with Gasteiger partial charge < -0.3 is 4.42 Å². The lowest BCUT2D eigenvalue weighted by molar-refractivity contribution is -0.402. The summed E-state index contributed by atoms with van der Waals surface area (Å²) in [5.74, 6) is -1.50. The summed E-state index contributed by atoms with van der Waals surface area (Å²) < 4.78 is 4.72. The summed E-state index contributed by atoms with van der Waals surface area (Å²) in [5.41, 5.74) is 2.59. The number of rotatable bonds is 4. The Morgan fingerprint density at radius 2 is 1.95 bits per heavy atom. The van der Waals surface area contributed by atoms with Gasteiger partial charge in [-0.3, -0.25) is 14.9 Å². The zero-order valence-electron chi connectivity index (χ0n) is 10.2. The van der Waals surface area contributed by atoms with Gasteiger partial charge in [0.05, 0.1) is 22.3 Å². The lowest BCUT2D eigenvalue weighted by Crippen LogP contribution is -2.16. The Hall–Kier alpha value is -2.38. The molecule has 1 N–H and O–H groups in total. The molecule has 1 amide bonds. The highest BCUT2D eigenvalue weighted by Gasteiger charge is 2.16. The van der Waals surface area contributed by atoms with Crippen LogP contribution in [0.3, 0.4) is 0 Å². The normalized spacial score (nSPS) is 10.8. The summed E-state index contributed by atoms with van der Waals surface area (Å²) in [4.78, 5) is 21.3. The topological polar surface area (TPSA) is 97.7 Å². The van der Waals surface area contributed by atoms with Crippen LogP contribution < -0.4 is 5.43 Å². The Morgan fingerprint density at radius 1 is 1.29 bits per heavy atom. The molecule has 9 heteroatoms. The van der Waals surface area contributed by atoms with Crippen molar-refractivity contribution in [3.05, 3.63) is 61.8 Å². The fourth-order valence-corrected chi connectivity index (χ4v) is 1.89. The summed E-state index contributed by atoms with van der Waals surface area (Å²) in [5, 5.41) is 14.8. The molecule has 1 aromatic heterocycles. The Morgan fingerprint density at radius 3 is 2.52 bits per heavy atom. The molecule has 0 spiro atoms. The van der Waals surface area contributed by atoms with Crippen LogP contribution in [0.5, 0.6) is 0 Å². The van der Waals surface area contributed by atoms with Gasteiger partial charge in [-0.05, 0) is 18.2 Å². The number of halogens is 2. The summed E-state index contributed by atoms with van der Waals surface area (Å²) in [7, 11) is 0. The minimum atomic E-state index is -0.746. The Bertz CT molecular complexity index is 707. The zero-order chi connectivity index (χ0) is 15.4. The highest BCUT2D eigenvalue weighted by atomic mass is 35.5. The first-order chi connectivity index (χ1) is 9.99. The number of hydrogen-bond acceptors (Lipinski definition) is 5. The molecule has 108 valence electrons. The quantitative estimate of drug-likeness (QED) is 0.529. The van der Waals surface area contributed by atoms with Crippen LogP contribution in [-0.2, 0) is 0 Å². The average Bonchev–Trinajstić information content (AvgIpc) is 2.92. The number of nitrogens with one attached hydrogen (secondary N) is 1. The predicted molar refractivity (Wildman–Crippen MR) is 76.9 cm³/mol. The van der Waals surface area contributed by atoms with Crippen LogP contribution in [-0.4, -0.2) is 17.0 Å². The predicted octanol–water partition coefficient (Wildman–Crippen LogP) is 3.26. The molecule has 7 nitrogen and oxygen atoms in total. The van der Waals surface area contributed by atoms with Gasteiger partial charge in [0.25, 0.3) is 0 Å². The number of hydrogen-bond donors (Lipinski definition) is 1. The number of hydrazone groups is 1. The summed E-state index contributed by atoms with van der Waals surface area (Å²) >= 11 is 11.8. The third kappa shape index (κ3) is 3.59. The third-order valence-electron chi connectivity index (χ3n) is 2.36. The van der Waals surface area contributed by atoms with Crippen molar-refractivity contribution in [2.24, 2.45) is 5.10 Å². The summed E-state index contributed by atoms with van der Waals surface area (Å²) in [6.45, 7) is 0. The fourth-order valence-electron chi connectivity index (χ4n) is 1.39. The van der Waals surface area contributed by atoms with Crippen LogP contribution in [0.4, 0.5) is 5.88 Å². The second kappa shape index (κ2) is 6.38. The number of amides is 1. The van der Waals surface area contributed by atoms with Gasteiger partial charge in [0.1, 0.15) is 4.92 Å². The highest BCUT2D eigenvalue weighted by molar-refractivity contribution is 6.38. The first-order valence-corrected chi connectivity index (χ1v) is 6.26. The summed E-state index contributed by atoms with van der Waals surface area (Å²) in [6.07, 6.45) is 1.26. The molecule has 1 aromatic carbocycles. The van der Waals surface area contributed by atoms with E-state index in [2.05, 4.69) is 10.5 Å². The number of nitro groups is 1. The van der Waals surface area contributed by atoms with Crippen molar-refractivity contribution < 1.29 is 14.1 Å². The van der Waals surface area contributed by atoms with Gasteiger partial charge in [-0.15, -0.1) is 0 Å². The molecule has 0 aliphatic rings. The first kappa shape index (κ1) is 15.0. The van der Waals surface area contributed by atoms with Crippen molar-refractivity contribution in [2.45, 2.75) is 0 Å². The van der Waals surface area contributed by atoms with E-state index in [0.717, 1.165) is 6.07 Å². The van der Waals surface area contributed by atoms with Gasteiger partial charge in [0.15, 0.2) is 0 Å². The molecule has 2 rings (SSSR count). The third-order valence-corrected chi connectivity index (χ3v) is 3.01. The number of nitrogens with zero attached hydrogens (tertiary/aromatic N) is 2. The molecule has 0 saturated carbocycles. The van der Waals surface area contributed by atoms with Crippen LogP contribution in [0.1, 0.15) is 16.1 Å². The largest absolute Gasteiger partial charge is 0.433 e. The van der Waals surface area contributed by atoms with Crippen molar-refractivity contribution in [3.63, 3.8) is 0 Å². The Balaban J connectivity index is 2.06. The molecule has 0 aliphatic heterocycles. The van der Waals surface area contributed by atoms with E-state index in [0.29, 0.717) is 15.6 Å². The van der Waals surface area contributed by atoms with Crippen molar-refractivity contribution in [1.82, 2.24) is 5.43 Å². The van der Waals surface area contributed by atoms with Crippen molar-refractivity contribution in [3.8, 4) is 0 Å². The Labute approximate surface area is 128 Å². The molecule has 2 aromatic rings. The van der Waals surface area contributed by atoms with Crippen LogP contribution in [0.25, 0.3) is 0 Å². The maximum absolute atomic E-state index is 11.6. The zero-order valence-corrected chi connectivity index (χ0v) is 11.8. The number of carbonyl (C=O) groups is 1. The maximum atomic E-state index is 11.6. The van der Waals surface area contributed by atoms with Crippen molar-refractivity contribution >= 4 is 41.2 Å². The molecule has 0 atom stereocenters. The second-order valence-electron chi connectivity index (χ2n) is 3.73. The van der Waals surface area contributed by atoms with Crippen LogP contribution in [0, 0.1) is 10.1 Å². The van der Waals surface area contributed by atoms with E-state index in [4.69, 9.17) is 27.6 Å². The smallest absolute Gasteiger partial charge is 0.395 e. The molecule has 0 saturated heterocycles. The van der Waals surface area contributed by atoms with Gasteiger partial charge in [-0.1, -0.05) is 29.3 Å². The molecule has 0 radical (unpaired) electrons. The monoisotopic (exact) mass is 327 g/mol. The van der Waals surface area contributed by atoms with E-state index < -0.39 is 16.7 Å². The molecular formula is C12H7Cl2N3O4. The molecular weight excluding hydrogens is 321 g/mol. The van der Waals surface area contributed by atoms with E-state index >= 15 is 0 Å². The standard InChI is InChI=1S/C12H7Cl2N3O4/c13-8-2-1-3-9(14)7(8)6-15-16-12(18)10-4-5-11(21-10)17(19)20/h1-6H,(H,16,18)/b15-6+. The van der Waals surface area contributed by atoms with E-state index in [1.165, 1.54) is 12.3 Å². The number of furan rings is 1. The van der Waals surface area contributed by atoms with Crippen molar-refractivity contribution in [2.75, 3.05) is 0 Å². The van der Waals surface area contributed by atoms with Crippen LogP contribution >= 0.6 is 23.2 Å². The summed E-state index contributed by atoms with van der Waals surface area (Å²) in [6, 6.07) is 7.15. The SMILES string of the molecule is O=C(N/N=C/c1c(Cl)cccc1Cl)c1ccc([N+](=O)[O-])o1. The fraction of sp³-hybridized carbons (Fsp3) is 0. The first-order valence-electron chi connectivity index (χ1n) is 5.50. The molecule has 0 bridgehead atoms. The van der Waals surface area contributed by atoms with Gasteiger partial charge in [0, 0.05) is 5.56 Å². The average molecular weight is 328 g/mol. The lowest BCUT2D eigenvalue weighted by Gasteiger charge is -2.00. The molecule has 0 fully saturated rings. The maximum Gasteiger partial charge on any atom is 0.433 e. The van der Waals surface area contributed by atoms with Gasteiger partial charge in [-0.2, -0.15) is 5.10 Å². The minimum absolute atomic E-state index is 0.232. The van der Waals surface area contributed by atoms with Gasteiger partial charge in [-0.25, -0.2) is 5.43 Å².